The Morgan fingerprint density at radius 1 is 0.349 bits per heavy atom. The number of nitrogens with zero attached hydrogens (tertiary/aromatic N) is 3. The predicted molar refractivity (Wildman–Crippen MR) is 182 cm³/mol. The first kappa shape index (κ1) is 24.2. The van der Waals surface area contributed by atoms with Crippen molar-refractivity contribution in [1.29, 1.82) is 0 Å². The zero-order valence-corrected chi connectivity index (χ0v) is 23.8. The molecule has 0 aliphatic heterocycles. The summed E-state index contributed by atoms with van der Waals surface area (Å²) >= 11 is 1.80. The maximum Gasteiger partial charge on any atom is 0.164 e. The molecule has 0 fully saturated rings. The highest BCUT2D eigenvalue weighted by atomic mass is 32.1. The van der Waals surface area contributed by atoms with Crippen molar-refractivity contribution in [2.45, 2.75) is 0 Å². The van der Waals surface area contributed by atoms with Gasteiger partial charge in [-0.05, 0) is 50.5 Å². The summed E-state index contributed by atoms with van der Waals surface area (Å²) in [4.78, 5) is 15.3. The molecule has 0 saturated carbocycles. The van der Waals surface area contributed by atoms with Crippen LogP contribution in [0.2, 0.25) is 0 Å². The van der Waals surface area contributed by atoms with Crippen LogP contribution in [-0.2, 0) is 0 Å². The summed E-state index contributed by atoms with van der Waals surface area (Å²) < 4.78 is 2.49. The normalized spacial score (nSPS) is 11.7. The van der Waals surface area contributed by atoms with Gasteiger partial charge in [0.2, 0.25) is 0 Å². The zero-order chi connectivity index (χ0) is 28.3. The van der Waals surface area contributed by atoms with Crippen molar-refractivity contribution < 1.29 is 0 Å². The summed E-state index contributed by atoms with van der Waals surface area (Å²) in [5.74, 6) is 2.02. The SMILES string of the molecule is c1ccc(-c2nc(-c3ccc4c5ccccc5c5ccccc5c4c3)nc(-c3cccc4sc5ccccc5c34)n2)cc1. The molecule has 0 aliphatic rings. The van der Waals surface area contributed by atoms with E-state index in [1.165, 1.54) is 52.5 Å². The molecule has 0 bridgehead atoms. The van der Waals surface area contributed by atoms with Crippen molar-refractivity contribution in [2.24, 2.45) is 0 Å². The van der Waals surface area contributed by atoms with Gasteiger partial charge in [-0.2, -0.15) is 0 Å². The minimum atomic E-state index is 0.666. The third kappa shape index (κ3) is 3.84. The maximum absolute atomic E-state index is 5.17. The molecule has 43 heavy (non-hydrogen) atoms. The lowest BCUT2D eigenvalue weighted by Gasteiger charge is -2.13. The Morgan fingerprint density at radius 3 is 1.60 bits per heavy atom. The summed E-state index contributed by atoms with van der Waals surface area (Å²) in [7, 11) is 0. The molecule has 0 amide bonds. The van der Waals surface area contributed by atoms with E-state index < -0.39 is 0 Å². The van der Waals surface area contributed by atoms with Crippen molar-refractivity contribution in [3.8, 4) is 34.2 Å². The van der Waals surface area contributed by atoms with Crippen LogP contribution in [0, 0.1) is 0 Å². The van der Waals surface area contributed by atoms with Gasteiger partial charge in [0.15, 0.2) is 17.5 Å². The Morgan fingerprint density at radius 2 is 0.884 bits per heavy atom. The van der Waals surface area contributed by atoms with E-state index in [0.29, 0.717) is 17.5 Å². The molecule has 0 spiro atoms. The highest BCUT2D eigenvalue weighted by molar-refractivity contribution is 7.25. The van der Waals surface area contributed by atoms with Crippen LogP contribution in [0.15, 0.2) is 140 Å². The minimum absolute atomic E-state index is 0.666. The first-order valence-corrected chi connectivity index (χ1v) is 15.2. The third-order valence-electron chi connectivity index (χ3n) is 8.31. The molecule has 0 unspecified atom stereocenters. The van der Waals surface area contributed by atoms with E-state index in [-0.39, 0.29) is 0 Å². The second-order valence-electron chi connectivity index (χ2n) is 10.8. The minimum Gasteiger partial charge on any atom is -0.208 e. The van der Waals surface area contributed by atoms with Crippen LogP contribution >= 0.6 is 11.3 Å². The summed E-state index contributed by atoms with van der Waals surface area (Å²) in [6.45, 7) is 0. The molecular weight excluding hydrogens is 543 g/mol. The van der Waals surface area contributed by atoms with Gasteiger partial charge in [0, 0.05) is 36.9 Å². The first-order valence-electron chi connectivity index (χ1n) is 14.4. The smallest absolute Gasteiger partial charge is 0.164 e. The molecule has 4 heteroatoms. The Bertz CT molecular complexity index is 2480. The van der Waals surface area contributed by atoms with Crippen molar-refractivity contribution in [3.05, 3.63) is 140 Å². The Hall–Kier alpha value is -5.45. The van der Waals surface area contributed by atoms with Crippen LogP contribution in [0.25, 0.3) is 86.7 Å². The molecule has 0 atom stereocenters. The average Bonchev–Trinajstić information content (AvgIpc) is 3.47. The molecule has 2 heterocycles. The van der Waals surface area contributed by atoms with Gasteiger partial charge in [0.05, 0.1) is 0 Å². The molecule has 7 aromatic carbocycles. The molecule has 0 saturated heterocycles. The van der Waals surface area contributed by atoms with Crippen molar-refractivity contribution in [1.82, 2.24) is 15.0 Å². The van der Waals surface area contributed by atoms with Crippen LogP contribution in [-0.4, -0.2) is 15.0 Å². The lowest BCUT2D eigenvalue weighted by molar-refractivity contribution is 1.08. The van der Waals surface area contributed by atoms with Crippen molar-refractivity contribution >= 4 is 63.8 Å². The molecule has 2 aromatic heterocycles. The van der Waals surface area contributed by atoms with Crippen LogP contribution in [0.4, 0.5) is 0 Å². The first-order chi connectivity index (χ1) is 21.3. The number of fused-ring (bicyclic) bond motifs is 9. The number of hydrogen-bond acceptors (Lipinski definition) is 4. The van der Waals surface area contributed by atoms with E-state index in [4.69, 9.17) is 15.0 Å². The van der Waals surface area contributed by atoms with Gasteiger partial charge in [-0.15, -0.1) is 11.3 Å². The van der Waals surface area contributed by atoms with Crippen LogP contribution in [0.3, 0.4) is 0 Å². The molecule has 0 N–H and O–H groups in total. The van der Waals surface area contributed by atoms with E-state index >= 15 is 0 Å². The Labute approximate surface area is 251 Å². The highest BCUT2D eigenvalue weighted by Crippen LogP contribution is 2.40. The fourth-order valence-corrected chi connectivity index (χ4v) is 7.48. The maximum atomic E-state index is 5.17. The van der Waals surface area contributed by atoms with E-state index in [2.05, 4.69) is 121 Å². The molecule has 0 radical (unpaired) electrons. The van der Waals surface area contributed by atoms with Gasteiger partial charge in [0.1, 0.15) is 0 Å². The predicted octanol–water partition coefficient (Wildman–Crippen LogP) is 10.7. The lowest BCUT2D eigenvalue weighted by Crippen LogP contribution is -2.00. The fourth-order valence-electron chi connectivity index (χ4n) is 6.35. The highest BCUT2D eigenvalue weighted by Gasteiger charge is 2.17. The van der Waals surface area contributed by atoms with E-state index in [1.807, 2.05) is 18.2 Å². The quantitative estimate of drug-likeness (QED) is 0.200. The summed E-state index contributed by atoms with van der Waals surface area (Å²) in [5.41, 5.74) is 2.95. The van der Waals surface area contributed by atoms with Gasteiger partial charge in [-0.3, -0.25) is 0 Å². The van der Waals surface area contributed by atoms with Crippen LogP contribution < -0.4 is 0 Å². The van der Waals surface area contributed by atoms with Gasteiger partial charge < -0.3 is 0 Å². The second kappa shape index (κ2) is 9.55. The Balaban J connectivity index is 1.33. The zero-order valence-electron chi connectivity index (χ0n) is 23.0. The van der Waals surface area contributed by atoms with Gasteiger partial charge in [-0.1, -0.05) is 121 Å². The number of aromatic nitrogens is 3. The van der Waals surface area contributed by atoms with Crippen molar-refractivity contribution in [2.75, 3.05) is 0 Å². The standard InChI is InChI=1S/C39H23N3S/c1-2-11-24(12-3-1)37-40-38(42-39(41-37)32-18-10-20-35-36(32)31-17-8-9-19-34(31)43-35)25-21-22-30-28-15-5-4-13-26(28)27-14-6-7-16-29(27)33(30)23-25/h1-23H. The number of thiophene rings is 1. The van der Waals surface area contributed by atoms with Crippen LogP contribution in [0.5, 0.6) is 0 Å². The molecule has 0 aliphatic carbocycles. The molecule has 3 nitrogen and oxygen atoms in total. The van der Waals surface area contributed by atoms with E-state index in [9.17, 15) is 0 Å². The molecular formula is C39H23N3S. The average molecular weight is 566 g/mol. The Kier molecular flexibility index (Phi) is 5.37. The monoisotopic (exact) mass is 565 g/mol. The lowest BCUT2D eigenvalue weighted by atomic mass is 9.93. The topological polar surface area (TPSA) is 38.7 Å². The summed E-state index contributed by atoms with van der Waals surface area (Å²) in [6.07, 6.45) is 0. The van der Waals surface area contributed by atoms with Crippen molar-refractivity contribution in [3.63, 3.8) is 0 Å². The van der Waals surface area contributed by atoms with Gasteiger partial charge >= 0.3 is 0 Å². The van der Waals surface area contributed by atoms with Gasteiger partial charge in [0.25, 0.3) is 0 Å². The van der Waals surface area contributed by atoms with Gasteiger partial charge in [-0.25, -0.2) is 15.0 Å². The molecule has 9 rings (SSSR count). The van der Waals surface area contributed by atoms with E-state index in [1.54, 1.807) is 11.3 Å². The number of rotatable bonds is 3. The third-order valence-corrected chi connectivity index (χ3v) is 9.45. The summed E-state index contributed by atoms with van der Waals surface area (Å²) in [5, 5.41) is 9.83. The number of hydrogen-bond donors (Lipinski definition) is 0. The molecule has 9 aromatic rings. The molecule has 200 valence electrons. The van der Waals surface area contributed by atoms with Crippen LogP contribution in [0.1, 0.15) is 0 Å². The summed E-state index contributed by atoms with van der Waals surface area (Å²) in [6, 6.07) is 49.1. The number of benzene rings is 7. The largest absolute Gasteiger partial charge is 0.208 e. The second-order valence-corrected chi connectivity index (χ2v) is 11.9. The fraction of sp³-hybridized carbons (Fsp3) is 0. The van der Waals surface area contributed by atoms with E-state index in [0.717, 1.165) is 16.7 Å².